The summed E-state index contributed by atoms with van der Waals surface area (Å²) in [5, 5.41) is 0.442. The first kappa shape index (κ1) is 47.5. The van der Waals surface area contributed by atoms with Crippen LogP contribution in [0.25, 0.3) is 11.2 Å². The Morgan fingerprint density at radius 2 is 1.17 bits per heavy atom. The molecule has 1 aliphatic rings. The molecular formula is C40H79ClN4O4Si3Sn. The first-order valence-corrected chi connectivity index (χ1v) is 37.3. The molecule has 0 unspecified atom stereocenters. The molecule has 306 valence electrons. The van der Waals surface area contributed by atoms with E-state index in [0.717, 1.165) is 5.65 Å². The van der Waals surface area contributed by atoms with Crippen molar-refractivity contribution in [1.82, 2.24) is 19.5 Å². The number of aromatic nitrogens is 4. The zero-order valence-corrected chi connectivity index (χ0v) is 43.9. The summed E-state index contributed by atoms with van der Waals surface area (Å²) in [6, 6.07) is 0. The Kier molecular flexibility index (Phi) is 16.1. The van der Waals surface area contributed by atoms with Crippen LogP contribution in [0.4, 0.5) is 0 Å². The Morgan fingerprint density at radius 1 is 0.717 bits per heavy atom. The number of imidazole rings is 1. The number of hydrogen-bond acceptors (Lipinski definition) is 7. The maximum absolute atomic E-state index is 7.66. The van der Waals surface area contributed by atoms with Gasteiger partial charge in [-0.25, -0.2) is 0 Å². The summed E-state index contributed by atoms with van der Waals surface area (Å²) in [5.41, 5.74) is 1.45. The van der Waals surface area contributed by atoms with E-state index < -0.39 is 49.6 Å². The molecule has 2 aromatic heterocycles. The van der Waals surface area contributed by atoms with Gasteiger partial charge in [0.2, 0.25) is 0 Å². The van der Waals surface area contributed by atoms with Crippen molar-refractivity contribution < 1.29 is 18.0 Å². The first-order valence-electron chi connectivity index (χ1n) is 20.7. The Labute approximate surface area is 337 Å². The van der Waals surface area contributed by atoms with Gasteiger partial charge >= 0.3 is 339 Å². The monoisotopic (exact) mass is 918 g/mol. The van der Waals surface area contributed by atoms with Crippen LogP contribution in [0.5, 0.6) is 0 Å². The minimum absolute atomic E-state index is 0.00285. The average molecular weight is 919 g/mol. The molecule has 8 nitrogen and oxygen atoms in total. The van der Waals surface area contributed by atoms with E-state index in [9.17, 15) is 0 Å². The van der Waals surface area contributed by atoms with Crippen LogP contribution in [0.3, 0.4) is 0 Å². The Bertz CT molecular complexity index is 1460. The summed E-state index contributed by atoms with van der Waals surface area (Å²) in [6.45, 7) is 42.3. The molecule has 4 atom stereocenters. The van der Waals surface area contributed by atoms with Gasteiger partial charge in [-0.2, -0.15) is 0 Å². The molecule has 3 heterocycles. The van der Waals surface area contributed by atoms with Crippen molar-refractivity contribution in [2.75, 3.05) is 6.61 Å². The molecule has 3 rings (SSSR count). The molecule has 0 N–H and O–H groups in total. The molecule has 1 aliphatic heterocycles. The molecule has 2 aromatic rings. The molecule has 13 heteroatoms. The fourth-order valence-electron chi connectivity index (χ4n) is 6.61. The van der Waals surface area contributed by atoms with Gasteiger partial charge in [-0.05, 0) is 0 Å². The number of nitrogens with zero attached hydrogens (tertiary/aromatic N) is 4. The van der Waals surface area contributed by atoms with Gasteiger partial charge in [-0.15, -0.1) is 0 Å². The van der Waals surface area contributed by atoms with Crippen LogP contribution in [0.2, 0.25) is 72.9 Å². The topological polar surface area (TPSA) is 80.5 Å². The van der Waals surface area contributed by atoms with Crippen molar-refractivity contribution in [3.05, 3.63) is 11.5 Å². The molecule has 53 heavy (non-hydrogen) atoms. The summed E-state index contributed by atoms with van der Waals surface area (Å²) in [7, 11) is -6.80. The number of halogens is 1. The predicted molar refractivity (Wildman–Crippen MR) is 236 cm³/mol. The van der Waals surface area contributed by atoms with Gasteiger partial charge in [0.15, 0.2) is 0 Å². The molecule has 1 fully saturated rings. The fourth-order valence-corrected chi connectivity index (χ4v) is 26.4. The van der Waals surface area contributed by atoms with Crippen molar-refractivity contribution in [3.63, 3.8) is 0 Å². The molecule has 0 amide bonds. The first-order chi connectivity index (χ1) is 24.2. The van der Waals surface area contributed by atoms with Crippen molar-refractivity contribution in [1.29, 1.82) is 0 Å². The van der Waals surface area contributed by atoms with Crippen molar-refractivity contribution >= 4 is 69.9 Å². The third kappa shape index (κ3) is 10.8. The third-order valence-electron chi connectivity index (χ3n) is 13.4. The van der Waals surface area contributed by atoms with Crippen LogP contribution in [0.15, 0.2) is 6.33 Å². The van der Waals surface area contributed by atoms with Gasteiger partial charge in [0.25, 0.3) is 0 Å². The zero-order chi connectivity index (χ0) is 40.4. The second kappa shape index (κ2) is 18.0. The van der Waals surface area contributed by atoms with Gasteiger partial charge < -0.3 is 0 Å². The van der Waals surface area contributed by atoms with Crippen molar-refractivity contribution in [3.8, 4) is 0 Å². The quantitative estimate of drug-likeness (QED) is 0.109. The molecule has 0 saturated carbocycles. The van der Waals surface area contributed by atoms with Crippen LogP contribution < -0.4 is 3.84 Å². The van der Waals surface area contributed by atoms with E-state index in [0.29, 0.717) is 17.3 Å². The molecule has 0 radical (unpaired) electrons. The van der Waals surface area contributed by atoms with E-state index in [1.165, 1.54) is 55.7 Å². The SMILES string of the molecule is CCC[CH2][Sn]([CH2]CCC)([CH2]CCC)[c]1nc2c(Cl)ncnc2n1[C@@H]1O[C@H](CO[Si](C)(C)C(C)(C)C)[C@@H](O[Si](C)(C)C(C)(C)C)[C@H]1O[Si](C)(C)C(C)(C)C. The molecule has 1 saturated heterocycles. The fraction of sp³-hybridized carbons (Fsp3) is 0.875. The summed E-state index contributed by atoms with van der Waals surface area (Å²) in [5.74, 6) is 0. The standard InChI is InChI=1S/C28H52ClN4O4Si3.3C4H9.Sn/c1-26(2,3)38(10,11)34-16-19-21(36-39(12,13)27(4,5)6)22(37-40(14,15)28(7,8)9)25(35-19)33-18-32-20-23(29)30-17-31-24(20)33;3*1-3-4-2;/h17,19,21-22,25H,16H2,1-15H3;3*1,3-4H2,2H3;/t19-,21-,22-,25-;;;;/m1..../s1. The van der Waals surface area contributed by atoms with E-state index in [2.05, 4.69) is 132 Å². The van der Waals surface area contributed by atoms with E-state index >= 15 is 0 Å². The molecular weight excluding hydrogens is 839 g/mol. The predicted octanol–water partition coefficient (Wildman–Crippen LogP) is 12.2. The van der Waals surface area contributed by atoms with E-state index in [4.69, 9.17) is 39.6 Å². The number of fused-ring (bicyclic) bond motifs is 1. The summed E-state index contributed by atoms with van der Waals surface area (Å²) >= 11 is 3.67. The van der Waals surface area contributed by atoms with Gasteiger partial charge in [-0.1, -0.05) is 0 Å². The summed E-state index contributed by atoms with van der Waals surface area (Å²) in [4.78, 5) is 15.0. The van der Waals surface area contributed by atoms with E-state index in [1.807, 2.05) is 0 Å². The number of ether oxygens (including phenoxy) is 1. The number of hydrogen-bond donors (Lipinski definition) is 0. The average Bonchev–Trinajstić information content (AvgIpc) is 3.57. The van der Waals surface area contributed by atoms with E-state index in [1.54, 1.807) is 6.33 Å². The van der Waals surface area contributed by atoms with Crippen molar-refractivity contribution in [2.45, 2.75) is 214 Å². The Balaban J connectivity index is 2.45. The number of unbranched alkanes of at least 4 members (excludes halogenated alkanes) is 3. The molecule has 0 spiro atoms. The third-order valence-corrected chi connectivity index (χ3v) is 42.0. The van der Waals surface area contributed by atoms with Crippen LogP contribution in [-0.4, -0.2) is 87.8 Å². The van der Waals surface area contributed by atoms with Crippen LogP contribution in [0.1, 0.15) is 128 Å². The van der Waals surface area contributed by atoms with E-state index in [-0.39, 0.29) is 33.4 Å². The van der Waals surface area contributed by atoms with Gasteiger partial charge in [0, 0.05) is 0 Å². The summed E-state index contributed by atoms with van der Waals surface area (Å²) in [6.07, 6.45) is 7.22. The van der Waals surface area contributed by atoms with Gasteiger partial charge in [0.1, 0.15) is 0 Å². The zero-order valence-electron chi connectivity index (χ0n) is 37.3. The van der Waals surface area contributed by atoms with Crippen LogP contribution in [-0.2, 0) is 18.0 Å². The second-order valence-electron chi connectivity index (χ2n) is 20.6. The van der Waals surface area contributed by atoms with Crippen LogP contribution >= 0.6 is 11.6 Å². The maximum atomic E-state index is 7.66. The summed E-state index contributed by atoms with van der Waals surface area (Å²) < 4.78 is 37.1. The molecule has 0 aromatic carbocycles. The minimum atomic E-state index is -3.28. The second-order valence-corrected chi connectivity index (χ2v) is 48.1. The Morgan fingerprint density at radius 3 is 1.60 bits per heavy atom. The molecule has 0 aliphatic carbocycles. The van der Waals surface area contributed by atoms with Crippen molar-refractivity contribution in [2.24, 2.45) is 0 Å². The molecule has 0 bridgehead atoms. The van der Waals surface area contributed by atoms with Gasteiger partial charge in [-0.3, -0.25) is 0 Å². The normalized spacial score (nSPS) is 21.3. The van der Waals surface area contributed by atoms with Gasteiger partial charge in [0.05, 0.1) is 0 Å². The number of rotatable bonds is 18. The Hall–Kier alpha value is 0.129. The van der Waals surface area contributed by atoms with Crippen LogP contribution in [0, 0.1) is 0 Å².